The summed E-state index contributed by atoms with van der Waals surface area (Å²) in [7, 11) is 0. The van der Waals surface area contributed by atoms with Gasteiger partial charge in [-0.3, -0.25) is 0 Å². The summed E-state index contributed by atoms with van der Waals surface area (Å²) in [5, 5.41) is 69.6. The molecule has 2 unspecified atom stereocenters. The predicted octanol–water partition coefficient (Wildman–Crippen LogP) is 21.1. The smallest absolute Gasteiger partial charge is 0.134 e. The maximum Gasteiger partial charge on any atom is 0.134 e. The van der Waals surface area contributed by atoms with Crippen molar-refractivity contribution in [3.05, 3.63) is 256 Å². The number of benzene rings is 20. The monoisotopic (exact) mass is 1210 g/mol. The van der Waals surface area contributed by atoms with Crippen LogP contribution in [0.2, 0.25) is 0 Å². The highest BCUT2D eigenvalue weighted by Crippen LogP contribution is 2.94. The van der Waals surface area contributed by atoms with Crippen molar-refractivity contribution in [1.82, 2.24) is 0 Å². The molecule has 0 radical (unpaired) electrons. The molecule has 0 saturated carbocycles. The zero-order valence-electron chi connectivity index (χ0n) is 48.9. The van der Waals surface area contributed by atoms with E-state index in [9.17, 15) is 0 Å². The Labute approximate surface area is 528 Å². The largest absolute Gasteiger partial charge is 0.379 e. The summed E-state index contributed by atoms with van der Waals surface area (Å²) >= 11 is 0. The van der Waals surface area contributed by atoms with Gasteiger partial charge in [0.25, 0.3) is 0 Å². The van der Waals surface area contributed by atoms with Crippen molar-refractivity contribution in [2.75, 3.05) is 0 Å². The maximum absolute atomic E-state index is 17.5. The van der Waals surface area contributed by atoms with Crippen LogP contribution in [0.15, 0.2) is 144 Å². The van der Waals surface area contributed by atoms with E-state index in [0.29, 0.717) is 0 Å². The van der Waals surface area contributed by atoms with Gasteiger partial charge in [-0.1, -0.05) is 60.7 Å². The molecule has 0 bridgehead atoms. The first-order valence-electron chi connectivity index (χ1n) is 34.0. The van der Waals surface area contributed by atoms with Gasteiger partial charge in [-0.25, -0.2) is 22.0 Å². The molecule has 11 aliphatic carbocycles. The Hall–Kier alpha value is -11.3. The van der Waals surface area contributed by atoms with Gasteiger partial charge >= 0.3 is 0 Å². The van der Waals surface area contributed by atoms with Gasteiger partial charge in [-0.2, -0.15) is 0 Å². The summed E-state index contributed by atoms with van der Waals surface area (Å²) in [4.78, 5) is 0. The van der Waals surface area contributed by atoms with Crippen molar-refractivity contribution >= 4 is 215 Å². The second kappa shape index (κ2) is 10.2. The predicted molar refractivity (Wildman–Crippen MR) is 368 cm³/mol. The van der Waals surface area contributed by atoms with Crippen LogP contribution >= 0.6 is 0 Å². The summed E-state index contributed by atoms with van der Waals surface area (Å²) < 4.78 is 84.5. The summed E-state index contributed by atoms with van der Waals surface area (Å²) in [5.74, 6) is -1.81. The molecular weight excluding hydrogens is 1190 g/mol. The number of rotatable bonds is 5. The lowest BCUT2D eigenvalue weighted by Crippen LogP contribution is -2.66. The molecule has 96 heavy (non-hydrogen) atoms. The molecule has 11 aliphatic rings. The van der Waals surface area contributed by atoms with Crippen LogP contribution in [0.1, 0.15) is 83.5 Å². The standard InChI is InChI=1S/C90H21F5O/c91-26-11-1-21(2-12-26)85-71-61-51-41-36-31-32-34-35-33(31)38-44-42(36)52(51)62-64-54(44)56-46(38)48-40(35)50-49-39(34)47-45-37(32)43(41)53-55(45)65-67-57(47)59(49)69-70-60(50)58(48)68-66(56)76-74(64)86(72(62)71,22-3-13-27(92)14-4-22)82-81(85)83-87(75(65)73(85)63(53)61,23-5-15-28(93)16-6-23)77(67)79(69)90(96)80(70)78(68)88(76,24-7-17-29(94)18-8-24)84(82)89(83,90)25-9-19-30(95)20-10-25/h1-20,96H/t85-,86+,87-,88+,89?,90?. The number of halogens is 5. The summed E-state index contributed by atoms with van der Waals surface area (Å²) in [5.41, 5.74) is 10.8. The van der Waals surface area contributed by atoms with Gasteiger partial charge in [0.1, 0.15) is 34.7 Å². The Morgan fingerprint density at radius 1 is 0.177 bits per heavy atom. The summed E-state index contributed by atoms with van der Waals surface area (Å²) in [6, 6.07) is 37.1. The van der Waals surface area contributed by atoms with E-state index in [4.69, 9.17) is 0 Å². The van der Waals surface area contributed by atoms with E-state index in [0.717, 1.165) is 83.1 Å². The zero-order chi connectivity index (χ0) is 60.1. The molecule has 1 N–H and O–H groups in total. The molecule has 26 aromatic carbocycles. The molecule has 26 aromatic rings. The van der Waals surface area contributed by atoms with E-state index in [1.807, 2.05) is 12.1 Å². The molecule has 422 valence electrons. The minimum Gasteiger partial charge on any atom is -0.379 e. The highest BCUT2D eigenvalue weighted by atomic mass is 19.1. The third-order valence-corrected chi connectivity index (χ3v) is 31.2. The van der Waals surface area contributed by atoms with E-state index in [1.165, 1.54) is 238 Å². The van der Waals surface area contributed by atoms with Crippen LogP contribution < -0.4 is 0 Å². The van der Waals surface area contributed by atoms with Gasteiger partial charge in [-0.15, -0.1) is 0 Å². The molecule has 0 spiro atoms. The van der Waals surface area contributed by atoms with Crippen LogP contribution in [-0.2, 0) is 32.7 Å². The quantitative estimate of drug-likeness (QED) is 0.135. The van der Waals surface area contributed by atoms with E-state index < -0.39 is 38.5 Å². The summed E-state index contributed by atoms with van der Waals surface area (Å²) in [6.07, 6.45) is 0. The van der Waals surface area contributed by atoms with Crippen LogP contribution in [-0.4, -0.2) is 5.11 Å². The van der Waals surface area contributed by atoms with Crippen molar-refractivity contribution in [2.24, 2.45) is 0 Å². The lowest BCUT2D eigenvalue weighted by Gasteiger charge is -2.65. The molecular formula is C90H21F5O. The molecule has 6 atom stereocenters. The second-order valence-electron chi connectivity index (χ2n) is 32.2. The zero-order valence-corrected chi connectivity index (χ0v) is 48.9. The molecule has 37 rings (SSSR count). The summed E-state index contributed by atoms with van der Waals surface area (Å²) in [6.45, 7) is 0. The molecule has 0 fully saturated rings. The average Bonchev–Trinajstić information content (AvgIpc) is 1.37. The fourth-order valence-electron chi connectivity index (χ4n) is 30.5. The topological polar surface area (TPSA) is 20.2 Å². The van der Waals surface area contributed by atoms with Gasteiger partial charge in [0, 0.05) is 11.1 Å². The van der Waals surface area contributed by atoms with Crippen LogP contribution in [0.25, 0.3) is 215 Å². The fraction of sp³-hybridized carbons (Fsp3) is 0.0667. The Kier molecular flexibility index (Phi) is 4.41. The fourth-order valence-corrected chi connectivity index (χ4v) is 30.5. The van der Waals surface area contributed by atoms with Crippen molar-refractivity contribution in [3.63, 3.8) is 0 Å². The Morgan fingerprint density at radius 2 is 0.333 bits per heavy atom. The third-order valence-electron chi connectivity index (χ3n) is 31.2. The van der Waals surface area contributed by atoms with Crippen LogP contribution in [0.5, 0.6) is 0 Å². The van der Waals surface area contributed by atoms with Crippen LogP contribution in [0.3, 0.4) is 0 Å². The normalized spacial score (nSPS) is 26.6. The average molecular weight is 1210 g/mol. The van der Waals surface area contributed by atoms with Gasteiger partial charge in [0.15, 0.2) is 0 Å². The Morgan fingerprint density at radius 3 is 0.552 bits per heavy atom. The molecule has 0 aliphatic heterocycles. The lowest BCUT2D eigenvalue weighted by atomic mass is 9.37. The van der Waals surface area contributed by atoms with E-state index in [-0.39, 0.29) is 23.3 Å². The Balaban J connectivity index is 1.04. The minimum absolute atomic E-state index is 0.346. The number of allylic oxidation sites excluding steroid dienone is 2. The minimum atomic E-state index is -1.97. The highest BCUT2D eigenvalue weighted by molar-refractivity contribution is 6.77. The first-order valence-corrected chi connectivity index (χ1v) is 34.0. The number of aliphatic hydroxyl groups is 1. The Bertz CT molecular complexity index is 8340. The molecule has 1 nitrogen and oxygen atoms in total. The van der Waals surface area contributed by atoms with Gasteiger partial charge in [-0.05, 0) is 371 Å². The highest BCUT2D eigenvalue weighted by Gasteiger charge is 2.87. The second-order valence-corrected chi connectivity index (χ2v) is 32.2. The lowest BCUT2D eigenvalue weighted by molar-refractivity contribution is 0.00752. The van der Waals surface area contributed by atoms with Crippen molar-refractivity contribution in [1.29, 1.82) is 0 Å². The van der Waals surface area contributed by atoms with Gasteiger partial charge < -0.3 is 5.11 Å². The number of hydrogen-bond donors (Lipinski definition) is 1. The SMILES string of the molecule is OC12c3c4c5c6c7c8c9c%10c%11c%12c%13c%14c%15c%16c%17c%18c(c1c1c3c3c5c5c%19c6c9c6c9c%10c%13c%10c%13c%14c%17c%14c%17c%18c1c1c3c5c3c(c1%17)c(c%14%13)c(c9%10)c3c%196)[C@]%16(c1ccc(F)cc1)C1=C(C(=C(C12c1ccc(F)cc1)[C@]47c1ccc(F)cc1)[C@]8%11c1ccc(F)cc1)[C@@]%15%12c1ccc(F)cc1. The van der Waals surface area contributed by atoms with E-state index in [2.05, 4.69) is 48.5 Å². The molecule has 6 heteroatoms. The first kappa shape index (κ1) is 41.4. The van der Waals surface area contributed by atoms with E-state index in [1.54, 1.807) is 60.7 Å². The van der Waals surface area contributed by atoms with Crippen molar-refractivity contribution in [3.8, 4) is 0 Å². The van der Waals surface area contributed by atoms with E-state index >= 15 is 27.1 Å². The first-order chi connectivity index (χ1) is 47.2. The van der Waals surface area contributed by atoms with Gasteiger partial charge in [0.2, 0.25) is 0 Å². The molecule has 0 heterocycles. The molecule has 0 saturated heterocycles. The third kappa shape index (κ3) is 2.54. The van der Waals surface area contributed by atoms with Gasteiger partial charge in [0.05, 0.1) is 27.1 Å². The number of hydrogen-bond acceptors (Lipinski definition) is 1. The van der Waals surface area contributed by atoms with Crippen LogP contribution in [0, 0.1) is 29.1 Å². The molecule has 0 aromatic heterocycles. The maximum atomic E-state index is 17.5. The molecule has 0 amide bonds. The van der Waals surface area contributed by atoms with Crippen molar-refractivity contribution < 1.29 is 27.1 Å². The van der Waals surface area contributed by atoms with Crippen LogP contribution in [0.4, 0.5) is 22.0 Å². The van der Waals surface area contributed by atoms with Crippen molar-refractivity contribution in [2.45, 2.75) is 32.7 Å².